The van der Waals surface area contributed by atoms with Gasteiger partial charge in [-0.2, -0.15) is 0 Å². The van der Waals surface area contributed by atoms with E-state index in [4.69, 9.17) is 9.47 Å². The fraction of sp³-hybridized carbons (Fsp3) is 0.643. The highest BCUT2D eigenvalue weighted by Crippen LogP contribution is 1.91. The molecule has 1 N–H and O–H groups in total. The molecule has 0 fully saturated rings. The molecule has 0 saturated carbocycles. The zero-order valence-corrected chi connectivity index (χ0v) is 11.9. The normalized spacial score (nSPS) is 14.3. The van der Waals surface area contributed by atoms with E-state index in [1.54, 1.807) is 12.5 Å². The smallest absolute Gasteiger partial charge is 0.180 e. The van der Waals surface area contributed by atoms with E-state index in [0.717, 1.165) is 6.54 Å². The van der Waals surface area contributed by atoms with Crippen molar-refractivity contribution in [3.63, 3.8) is 0 Å². The maximum atomic E-state index is 5.12. The van der Waals surface area contributed by atoms with Gasteiger partial charge in [0.2, 0.25) is 0 Å². The number of aliphatic imine (C=N–C) groups is 1. The van der Waals surface area contributed by atoms with Crippen LogP contribution in [-0.4, -0.2) is 32.2 Å². The van der Waals surface area contributed by atoms with Crippen molar-refractivity contribution >= 4 is 6.40 Å². The van der Waals surface area contributed by atoms with Gasteiger partial charge in [-0.1, -0.05) is 13.8 Å². The molecule has 0 aliphatic carbocycles. The summed E-state index contributed by atoms with van der Waals surface area (Å²) in [5.41, 5.74) is 0. The highest BCUT2D eigenvalue weighted by Gasteiger charge is 1.97. The molecule has 0 aromatic rings. The fourth-order valence-electron chi connectivity index (χ4n) is 1.05. The van der Waals surface area contributed by atoms with Crippen LogP contribution in [0, 0.1) is 5.92 Å². The first-order chi connectivity index (χ1) is 8.66. The molecule has 0 aromatic heterocycles. The van der Waals surface area contributed by atoms with Gasteiger partial charge in [0.1, 0.15) is 0 Å². The Hall–Kier alpha value is -1.13. The maximum Gasteiger partial charge on any atom is 0.180 e. The highest BCUT2D eigenvalue weighted by atomic mass is 16.5. The maximum absolute atomic E-state index is 5.12. The van der Waals surface area contributed by atoms with E-state index < -0.39 is 0 Å². The molecule has 0 bridgehead atoms. The van der Waals surface area contributed by atoms with E-state index in [0.29, 0.717) is 25.2 Å². The molecule has 4 nitrogen and oxygen atoms in total. The molecule has 0 radical (unpaired) electrons. The summed E-state index contributed by atoms with van der Waals surface area (Å²) in [5, 5.41) is 3.37. The molecule has 0 aliphatic heterocycles. The van der Waals surface area contributed by atoms with E-state index >= 15 is 0 Å². The second-order valence-corrected chi connectivity index (χ2v) is 4.35. The Morgan fingerprint density at radius 2 is 2.06 bits per heavy atom. The van der Waals surface area contributed by atoms with Crippen molar-refractivity contribution in [2.45, 2.75) is 33.7 Å². The third-order valence-electron chi connectivity index (χ3n) is 2.03. The molecule has 18 heavy (non-hydrogen) atoms. The predicted octanol–water partition coefficient (Wildman–Crippen LogP) is 2.73. The zero-order valence-electron chi connectivity index (χ0n) is 11.9. The average molecular weight is 254 g/mol. The van der Waals surface area contributed by atoms with Crippen molar-refractivity contribution in [1.29, 1.82) is 0 Å². The molecule has 0 spiro atoms. The lowest BCUT2D eigenvalue weighted by atomic mass is 10.2. The quantitative estimate of drug-likeness (QED) is 0.282. The Balaban J connectivity index is 3.57. The van der Waals surface area contributed by atoms with Gasteiger partial charge in [0.05, 0.1) is 12.9 Å². The SMILES string of the molecule is CCOC/C=C/N=CO/C=C/[C@@H](C)NCC(C)C. The van der Waals surface area contributed by atoms with Gasteiger partial charge >= 0.3 is 0 Å². The summed E-state index contributed by atoms with van der Waals surface area (Å²) in [7, 11) is 0. The Morgan fingerprint density at radius 3 is 2.72 bits per heavy atom. The third-order valence-corrected chi connectivity index (χ3v) is 2.03. The van der Waals surface area contributed by atoms with Crippen molar-refractivity contribution < 1.29 is 9.47 Å². The summed E-state index contributed by atoms with van der Waals surface area (Å²) >= 11 is 0. The lowest BCUT2D eigenvalue weighted by Gasteiger charge is -2.10. The summed E-state index contributed by atoms with van der Waals surface area (Å²) in [4.78, 5) is 3.93. The van der Waals surface area contributed by atoms with E-state index in [-0.39, 0.29) is 0 Å². The molecule has 0 aromatic carbocycles. The first-order valence-corrected chi connectivity index (χ1v) is 6.46. The van der Waals surface area contributed by atoms with Crippen LogP contribution in [0.15, 0.2) is 29.6 Å². The Bertz CT molecular complexity index is 261. The minimum atomic E-state index is 0.300. The largest absolute Gasteiger partial charge is 0.454 e. The van der Waals surface area contributed by atoms with Crippen molar-refractivity contribution in [3.05, 3.63) is 24.6 Å². The van der Waals surface area contributed by atoms with Crippen molar-refractivity contribution in [2.24, 2.45) is 10.9 Å². The number of nitrogens with zero attached hydrogens (tertiary/aromatic N) is 1. The molecular weight excluding hydrogens is 228 g/mol. The molecule has 0 unspecified atom stereocenters. The second kappa shape index (κ2) is 12.3. The summed E-state index contributed by atoms with van der Waals surface area (Å²) in [6, 6.07) is 0.300. The Kier molecular flexibility index (Phi) is 11.6. The summed E-state index contributed by atoms with van der Waals surface area (Å²) in [6.07, 6.45) is 8.48. The van der Waals surface area contributed by atoms with Crippen molar-refractivity contribution in [2.75, 3.05) is 19.8 Å². The zero-order chi connectivity index (χ0) is 13.6. The number of rotatable bonds is 10. The molecule has 0 aliphatic rings. The minimum absolute atomic E-state index is 0.300. The Labute approximate surface area is 111 Å². The summed E-state index contributed by atoms with van der Waals surface area (Å²) in [6.45, 7) is 10.7. The van der Waals surface area contributed by atoms with E-state index in [9.17, 15) is 0 Å². The van der Waals surface area contributed by atoms with Crippen LogP contribution in [0.2, 0.25) is 0 Å². The van der Waals surface area contributed by atoms with Gasteiger partial charge in [-0.15, -0.1) is 0 Å². The lowest BCUT2D eigenvalue weighted by molar-refractivity contribution is 0.177. The van der Waals surface area contributed by atoms with Crippen LogP contribution >= 0.6 is 0 Å². The molecule has 1 atom stereocenters. The highest BCUT2D eigenvalue weighted by molar-refractivity contribution is 5.48. The topological polar surface area (TPSA) is 42.9 Å². The standard InChI is InChI=1S/C14H26N2O2/c1-5-17-9-6-8-15-12-18-10-7-14(4)16-11-13(2)3/h6-8,10,12-14,16H,5,9,11H2,1-4H3/b8-6+,10-7+,15-12?/t14-/m1/s1. The van der Waals surface area contributed by atoms with Crippen LogP contribution < -0.4 is 5.32 Å². The summed E-state index contributed by atoms with van der Waals surface area (Å²) in [5.74, 6) is 0.652. The van der Waals surface area contributed by atoms with Crippen LogP contribution in [0.1, 0.15) is 27.7 Å². The van der Waals surface area contributed by atoms with Gasteiger partial charge in [-0.25, -0.2) is 4.99 Å². The number of hydrogen-bond donors (Lipinski definition) is 1. The van der Waals surface area contributed by atoms with Gasteiger partial charge in [0.25, 0.3) is 0 Å². The first kappa shape index (κ1) is 16.9. The first-order valence-electron chi connectivity index (χ1n) is 6.46. The van der Waals surface area contributed by atoms with Gasteiger partial charge < -0.3 is 14.8 Å². The molecule has 0 rings (SSSR count). The lowest BCUT2D eigenvalue weighted by Crippen LogP contribution is -2.27. The molecule has 0 saturated heterocycles. The molecule has 4 heteroatoms. The Morgan fingerprint density at radius 1 is 1.28 bits per heavy atom. The van der Waals surface area contributed by atoms with Gasteiger partial charge in [-0.3, -0.25) is 0 Å². The van der Waals surface area contributed by atoms with Crippen LogP contribution in [-0.2, 0) is 9.47 Å². The van der Waals surface area contributed by atoms with E-state index in [1.807, 2.05) is 19.1 Å². The molecule has 0 amide bonds. The third kappa shape index (κ3) is 12.9. The van der Waals surface area contributed by atoms with Gasteiger partial charge in [-0.05, 0) is 38.5 Å². The van der Waals surface area contributed by atoms with Crippen LogP contribution in [0.5, 0.6) is 0 Å². The number of ether oxygens (including phenoxy) is 2. The van der Waals surface area contributed by atoms with Crippen molar-refractivity contribution in [1.82, 2.24) is 5.32 Å². The van der Waals surface area contributed by atoms with Crippen molar-refractivity contribution in [3.8, 4) is 0 Å². The fourth-order valence-corrected chi connectivity index (χ4v) is 1.05. The molecule has 104 valence electrons. The minimum Gasteiger partial charge on any atom is -0.454 e. The van der Waals surface area contributed by atoms with Gasteiger partial charge in [0.15, 0.2) is 6.40 Å². The molecule has 0 heterocycles. The predicted molar refractivity (Wildman–Crippen MR) is 76.7 cm³/mol. The second-order valence-electron chi connectivity index (χ2n) is 4.35. The van der Waals surface area contributed by atoms with Crippen LogP contribution in [0.4, 0.5) is 0 Å². The number of hydrogen-bond acceptors (Lipinski definition) is 4. The monoisotopic (exact) mass is 254 g/mol. The molecular formula is C14H26N2O2. The number of nitrogens with one attached hydrogen (secondary N) is 1. The van der Waals surface area contributed by atoms with E-state index in [2.05, 4.69) is 31.1 Å². The average Bonchev–Trinajstić information content (AvgIpc) is 2.34. The summed E-state index contributed by atoms with van der Waals surface area (Å²) < 4.78 is 10.2. The van der Waals surface area contributed by atoms with E-state index in [1.165, 1.54) is 6.40 Å². The van der Waals surface area contributed by atoms with Gasteiger partial charge in [0, 0.05) is 18.8 Å². The van der Waals surface area contributed by atoms with Crippen LogP contribution in [0.3, 0.4) is 0 Å². The van der Waals surface area contributed by atoms with Crippen LogP contribution in [0.25, 0.3) is 0 Å².